The van der Waals surface area contributed by atoms with Crippen molar-refractivity contribution >= 4 is 33.2 Å². The Morgan fingerprint density at radius 3 is 2.92 bits per heavy atom. The lowest BCUT2D eigenvalue weighted by molar-refractivity contribution is 0.626. The van der Waals surface area contributed by atoms with E-state index in [2.05, 4.69) is 6.07 Å². The molecule has 0 nitrogen and oxygen atoms in total. The Balaban J connectivity index is 2.83. The normalized spacial score (nSPS) is 11.0. The molecule has 0 amide bonds. The SMILES string of the molecule is CSc1cc2sccc2c(F)c1C. The van der Waals surface area contributed by atoms with Gasteiger partial charge < -0.3 is 0 Å². The third-order valence-electron chi connectivity index (χ3n) is 2.11. The fourth-order valence-electron chi connectivity index (χ4n) is 1.36. The van der Waals surface area contributed by atoms with E-state index >= 15 is 0 Å². The van der Waals surface area contributed by atoms with Crippen LogP contribution in [0.5, 0.6) is 0 Å². The largest absolute Gasteiger partial charge is 0.206 e. The highest BCUT2D eigenvalue weighted by Gasteiger charge is 2.09. The van der Waals surface area contributed by atoms with Gasteiger partial charge in [0.1, 0.15) is 5.82 Å². The summed E-state index contributed by atoms with van der Waals surface area (Å²) >= 11 is 3.18. The molecule has 0 saturated carbocycles. The van der Waals surface area contributed by atoms with Crippen LogP contribution in [0.15, 0.2) is 22.4 Å². The van der Waals surface area contributed by atoms with Crippen molar-refractivity contribution in [2.75, 3.05) is 6.26 Å². The predicted molar refractivity (Wildman–Crippen MR) is 58.3 cm³/mol. The van der Waals surface area contributed by atoms with Crippen molar-refractivity contribution in [2.24, 2.45) is 0 Å². The van der Waals surface area contributed by atoms with Crippen molar-refractivity contribution < 1.29 is 4.39 Å². The molecular formula is C10H9FS2. The van der Waals surface area contributed by atoms with Gasteiger partial charge in [-0.1, -0.05) is 0 Å². The monoisotopic (exact) mass is 212 g/mol. The number of thioether (sulfide) groups is 1. The molecule has 0 aliphatic rings. The molecule has 0 fully saturated rings. The number of rotatable bonds is 1. The van der Waals surface area contributed by atoms with Gasteiger partial charge in [0.05, 0.1) is 0 Å². The van der Waals surface area contributed by atoms with Gasteiger partial charge in [0.15, 0.2) is 0 Å². The van der Waals surface area contributed by atoms with E-state index in [9.17, 15) is 4.39 Å². The first kappa shape index (κ1) is 9.03. The second-order valence-corrected chi connectivity index (χ2v) is 4.65. The Bertz CT molecular complexity index is 445. The van der Waals surface area contributed by atoms with Gasteiger partial charge >= 0.3 is 0 Å². The van der Waals surface area contributed by atoms with E-state index in [1.54, 1.807) is 23.1 Å². The van der Waals surface area contributed by atoms with Crippen molar-refractivity contribution in [1.82, 2.24) is 0 Å². The van der Waals surface area contributed by atoms with Crippen LogP contribution in [0.2, 0.25) is 0 Å². The highest BCUT2D eigenvalue weighted by Crippen LogP contribution is 2.32. The van der Waals surface area contributed by atoms with Gasteiger partial charge in [-0.2, -0.15) is 0 Å². The third-order valence-corrected chi connectivity index (χ3v) is 3.84. The van der Waals surface area contributed by atoms with Gasteiger partial charge in [-0.15, -0.1) is 23.1 Å². The van der Waals surface area contributed by atoms with Gasteiger partial charge in [0.2, 0.25) is 0 Å². The number of halogens is 1. The summed E-state index contributed by atoms with van der Waals surface area (Å²) in [5.74, 6) is -0.0666. The van der Waals surface area contributed by atoms with E-state index in [1.165, 1.54) is 0 Å². The first-order chi connectivity index (χ1) is 6.24. The topological polar surface area (TPSA) is 0 Å². The van der Waals surface area contributed by atoms with Crippen LogP contribution in [0, 0.1) is 12.7 Å². The smallest absolute Gasteiger partial charge is 0.135 e. The number of hydrogen-bond donors (Lipinski definition) is 0. The second kappa shape index (κ2) is 3.31. The van der Waals surface area contributed by atoms with E-state index in [-0.39, 0.29) is 5.82 Å². The zero-order valence-electron chi connectivity index (χ0n) is 7.43. The standard InChI is InChI=1S/C10H9FS2/c1-6-8(12-2)5-9-7(10(6)11)3-4-13-9/h3-5H,1-2H3. The number of fused-ring (bicyclic) bond motifs is 1. The van der Waals surface area contributed by atoms with E-state index in [0.717, 1.165) is 20.5 Å². The van der Waals surface area contributed by atoms with E-state index in [0.29, 0.717) is 0 Å². The van der Waals surface area contributed by atoms with Gasteiger partial charge in [-0.05, 0) is 36.3 Å². The highest BCUT2D eigenvalue weighted by molar-refractivity contribution is 7.98. The summed E-state index contributed by atoms with van der Waals surface area (Å²) in [7, 11) is 0. The van der Waals surface area contributed by atoms with Crippen LogP contribution in [0.25, 0.3) is 10.1 Å². The van der Waals surface area contributed by atoms with Crippen LogP contribution in [-0.4, -0.2) is 6.26 Å². The Morgan fingerprint density at radius 2 is 2.23 bits per heavy atom. The van der Waals surface area contributed by atoms with Crippen LogP contribution >= 0.6 is 23.1 Å². The van der Waals surface area contributed by atoms with Crippen molar-refractivity contribution in [3.63, 3.8) is 0 Å². The minimum Gasteiger partial charge on any atom is -0.206 e. The second-order valence-electron chi connectivity index (χ2n) is 2.85. The van der Waals surface area contributed by atoms with Gasteiger partial charge in [0, 0.05) is 15.0 Å². The maximum absolute atomic E-state index is 13.7. The molecule has 0 radical (unpaired) electrons. The first-order valence-electron chi connectivity index (χ1n) is 3.94. The highest BCUT2D eigenvalue weighted by atomic mass is 32.2. The predicted octanol–water partition coefficient (Wildman–Crippen LogP) is 4.07. The molecule has 0 atom stereocenters. The fraction of sp³-hybridized carbons (Fsp3) is 0.200. The molecule has 0 spiro atoms. The molecule has 0 unspecified atom stereocenters. The number of benzene rings is 1. The summed E-state index contributed by atoms with van der Waals surface area (Å²) in [6.07, 6.45) is 1.97. The zero-order valence-corrected chi connectivity index (χ0v) is 9.06. The molecule has 1 aromatic carbocycles. The van der Waals surface area contributed by atoms with Crippen LogP contribution in [0.1, 0.15) is 5.56 Å². The Hall–Kier alpha value is -0.540. The van der Waals surface area contributed by atoms with Crippen molar-refractivity contribution in [3.8, 4) is 0 Å². The van der Waals surface area contributed by atoms with Crippen LogP contribution < -0.4 is 0 Å². The molecule has 2 aromatic rings. The summed E-state index contributed by atoms with van der Waals surface area (Å²) in [6, 6.07) is 3.90. The molecule has 68 valence electrons. The van der Waals surface area contributed by atoms with Crippen molar-refractivity contribution in [3.05, 3.63) is 28.9 Å². The van der Waals surface area contributed by atoms with Gasteiger partial charge in [-0.25, -0.2) is 4.39 Å². The first-order valence-corrected chi connectivity index (χ1v) is 6.04. The minimum absolute atomic E-state index is 0.0666. The average molecular weight is 212 g/mol. The van der Waals surface area contributed by atoms with Crippen LogP contribution in [0.3, 0.4) is 0 Å². The van der Waals surface area contributed by atoms with Crippen molar-refractivity contribution in [1.29, 1.82) is 0 Å². The van der Waals surface area contributed by atoms with Gasteiger partial charge in [0.25, 0.3) is 0 Å². The lowest BCUT2D eigenvalue weighted by Gasteiger charge is -2.04. The molecule has 0 bridgehead atoms. The number of thiophene rings is 1. The molecule has 13 heavy (non-hydrogen) atoms. The molecule has 2 rings (SSSR count). The molecule has 0 saturated heterocycles. The van der Waals surface area contributed by atoms with E-state index in [4.69, 9.17) is 0 Å². The summed E-state index contributed by atoms with van der Waals surface area (Å²) in [6.45, 7) is 1.83. The molecule has 0 aliphatic carbocycles. The lowest BCUT2D eigenvalue weighted by atomic mass is 10.2. The Kier molecular flexibility index (Phi) is 2.30. The average Bonchev–Trinajstić information content (AvgIpc) is 2.59. The molecular weight excluding hydrogens is 203 g/mol. The van der Waals surface area contributed by atoms with E-state index < -0.39 is 0 Å². The quantitative estimate of drug-likeness (QED) is 0.642. The molecule has 0 aliphatic heterocycles. The maximum Gasteiger partial charge on any atom is 0.135 e. The molecule has 1 aromatic heterocycles. The molecule has 3 heteroatoms. The summed E-state index contributed by atoms with van der Waals surface area (Å²) in [5.41, 5.74) is 0.762. The Labute approximate surface area is 84.8 Å². The zero-order chi connectivity index (χ0) is 9.42. The number of hydrogen-bond acceptors (Lipinski definition) is 2. The summed E-state index contributed by atoms with van der Waals surface area (Å²) in [5, 5.41) is 2.68. The summed E-state index contributed by atoms with van der Waals surface area (Å²) < 4.78 is 14.7. The molecule has 0 N–H and O–H groups in total. The van der Waals surface area contributed by atoms with Crippen molar-refractivity contribution in [2.45, 2.75) is 11.8 Å². The molecule has 1 heterocycles. The summed E-state index contributed by atoms with van der Waals surface area (Å²) in [4.78, 5) is 1.03. The third kappa shape index (κ3) is 1.36. The van der Waals surface area contributed by atoms with E-state index in [1.807, 2.05) is 24.6 Å². The minimum atomic E-state index is -0.0666. The Morgan fingerprint density at radius 1 is 1.46 bits per heavy atom. The fourth-order valence-corrected chi connectivity index (χ4v) is 2.89. The van der Waals surface area contributed by atoms with Gasteiger partial charge in [-0.3, -0.25) is 0 Å². The van der Waals surface area contributed by atoms with Crippen LogP contribution in [0.4, 0.5) is 4.39 Å². The van der Waals surface area contributed by atoms with Crippen LogP contribution in [-0.2, 0) is 0 Å². The maximum atomic E-state index is 13.7. The lowest BCUT2D eigenvalue weighted by Crippen LogP contribution is -1.85.